The summed E-state index contributed by atoms with van der Waals surface area (Å²) in [5, 5.41) is 9.98. The van der Waals surface area contributed by atoms with E-state index in [0.717, 1.165) is 39.8 Å². The summed E-state index contributed by atoms with van der Waals surface area (Å²) in [5.74, 6) is 1.97. The Labute approximate surface area is 130 Å². The van der Waals surface area contributed by atoms with Gasteiger partial charge in [0.1, 0.15) is 17.1 Å². The maximum Gasteiger partial charge on any atom is 0.407 e. The van der Waals surface area contributed by atoms with Crippen molar-refractivity contribution in [2.45, 2.75) is 18.8 Å². The highest BCUT2D eigenvalue weighted by atomic mass is 79.9. The number of carbonyl (C=O) groups is 1. The number of fused-ring (bicyclic) bond motifs is 1. The molecule has 0 atom stereocenters. The highest BCUT2D eigenvalue weighted by molar-refractivity contribution is 9.10. The van der Waals surface area contributed by atoms with Crippen LogP contribution in [0.5, 0.6) is 5.75 Å². The Balaban J connectivity index is 1.85. The number of likely N-dealkylation sites (tertiary alicyclic amines) is 1. The van der Waals surface area contributed by atoms with Gasteiger partial charge < -0.3 is 19.2 Å². The Morgan fingerprint density at radius 1 is 1.38 bits per heavy atom. The lowest BCUT2D eigenvalue weighted by atomic mass is 9.94. The maximum atomic E-state index is 10.9. The summed E-state index contributed by atoms with van der Waals surface area (Å²) < 4.78 is 12.1. The number of rotatable bonds is 2. The number of furan rings is 1. The Hall–Kier alpha value is -1.69. The summed E-state index contributed by atoms with van der Waals surface area (Å²) in [6.45, 7) is 1.11. The topological polar surface area (TPSA) is 62.9 Å². The molecule has 0 spiro atoms. The van der Waals surface area contributed by atoms with Crippen LogP contribution in [0, 0.1) is 0 Å². The molecule has 1 aliphatic rings. The second kappa shape index (κ2) is 5.60. The first-order chi connectivity index (χ1) is 10.1. The van der Waals surface area contributed by atoms with Crippen LogP contribution in [0.25, 0.3) is 11.0 Å². The summed E-state index contributed by atoms with van der Waals surface area (Å²) in [6.07, 6.45) is 0.743. The Morgan fingerprint density at radius 3 is 2.71 bits per heavy atom. The van der Waals surface area contributed by atoms with Crippen LogP contribution < -0.4 is 4.74 Å². The maximum absolute atomic E-state index is 10.9. The first-order valence-electron chi connectivity index (χ1n) is 6.83. The van der Waals surface area contributed by atoms with Crippen molar-refractivity contribution in [2.75, 3.05) is 20.2 Å². The number of ether oxygens (including phenoxy) is 1. The lowest BCUT2D eigenvalue weighted by Crippen LogP contribution is -2.36. The number of hydrogen-bond donors (Lipinski definition) is 1. The van der Waals surface area contributed by atoms with Crippen molar-refractivity contribution in [1.29, 1.82) is 0 Å². The Morgan fingerprint density at radius 2 is 2.10 bits per heavy atom. The molecule has 2 aromatic rings. The molecule has 3 rings (SSSR count). The number of amides is 1. The van der Waals surface area contributed by atoms with E-state index >= 15 is 0 Å². The Kier molecular flexibility index (Phi) is 3.80. The van der Waals surface area contributed by atoms with Crippen molar-refractivity contribution in [2.24, 2.45) is 0 Å². The van der Waals surface area contributed by atoms with Gasteiger partial charge in [0.05, 0.1) is 11.6 Å². The smallest absolute Gasteiger partial charge is 0.407 e. The van der Waals surface area contributed by atoms with Crippen molar-refractivity contribution in [3.05, 3.63) is 28.4 Å². The van der Waals surface area contributed by atoms with Crippen molar-refractivity contribution in [1.82, 2.24) is 4.90 Å². The summed E-state index contributed by atoms with van der Waals surface area (Å²) >= 11 is 3.49. The number of halogens is 1. The fourth-order valence-corrected chi connectivity index (χ4v) is 3.31. The van der Waals surface area contributed by atoms with Crippen LogP contribution in [0.1, 0.15) is 24.5 Å². The van der Waals surface area contributed by atoms with E-state index in [-0.39, 0.29) is 5.92 Å². The third-order valence-corrected chi connectivity index (χ3v) is 4.56. The van der Waals surface area contributed by atoms with Crippen LogP contribution in [-0.2, 0) is 0 Å². The van der Waals surface area contributed by atoms with E-state index in [1.165, 1.54) is 4.90 Å². The van der Waals surface area contributed by atoms with E-state index < -0.39 is 6.09 Å². The average molecular weight is 354 g/mol. The number of hydrogen-bond acceptors (Lipinski definition) is 3. The third-order valence-electron chi connectivity index (χ3n) is 3.97. The molecule has 21 heavy (non-hydrogen) atoms. The lowest BCUT2D eigenvalue weighted by Gasteiger charge is -2.28. The van der Waals surface area contributed by atoms with E-state index in [2.05, 4.69) is 15.9 Å². The molecule has 1 fully saturated rings. The van der Waals surface area contributed by atoms with Gasteiger partial charge in [-0.2, -0.15) is 0 Å². The van der Waals surface area contributed by atoms with Crippen LogP contribution >= 0.6 is 15.9 Å². The van der Waals surface area contributed by atoms with Crippen LogP contribution in [0.2, 0.25) is 0 Å². The predicted molar refractivity (Wildman–Crippen MR) is 82.0 cm³/mol. The minimum absolute atomic E-state index is 0.269. The van der Waals surface area contributed by atoms with Gasteiger partial charge >= 0.3 is 6.09 Å². The fourth-order valence-electron chi connectivity index (χ4n) is 2.78. The van der Waals surface area contributed by atoms with Crippen LogP contribution in [0.3, 0.4) is 0 Å². The van der Waals surface area contributed by atoms with Gasteiger partial charge in [0.2, 0.25) is 0 Å². The predicted octanol–water partition coefficient (Wildman–Crippen LogP) is 4.06. The molecule has 5 nitrogen and oxygen atoms in total. The zero-order valence-corrected chi connectivity index (χ0v) is 13.2. The number of piperidine rings is 1. The minimum Gasteiger partial charge on any atom is -0.497 e. The van der Waals surface area contributed by atoms with Gasteiger partial charge in [-0.1, -0.05) is 0 Å². The first-order valence-corrected chi connectivity index (χ1v) is 7.62. The number of methoxy groups -OCH3 is 1. The zero-order valence-electron chi connectivity index (χ0n) is 11.6. The second-order valence-corrected chi connectivity index (χ2v) is 6.07. The molecule has 1 N–H and O–H groups in total. The molecule has 0 unspecified atom stereocenters. The van der Waals surface area contributed by atoms with Gasteiger partial charge in [-0.25, -0.2) is 4.79 Å². The molecule has 1 aliphatic heterocycles. The summed E-state index contributed by atoms with van der Waals surface area (Å²) in [5.41, 5.74) is 0.812. The summed E-state index contributed by atoms with van der Waals surface area (Å²) in [7, 11) is 1.64. The quantitative estimate of drug-likeness (QED) is 0.883. The standard InChI is InChI=1S/C15H16BrNO4/c1-20-11-6-10-7-13(21-14(10)12(16)8-11)9-2-4-17(5-3-9)15(18)19/h6-9H,2-5H2,1H3,(H,18,19). The van der Waals surface area contributed by atoms with E-state index in [0.29, 0.717) is 13.1 Å². The van der Waals surface area contributed by atoms with Gasteiger partial charge in [-0.15, -0.1) is 0 Å². The monoisotopic (exact) mass is 353 g/mol. The minimum atomic E-state index is -0.842. The average Bonchev–Trinajstić information content (AvgIpc) is 2.91. The third kappa shape index (κ3) is 2.72. The SMILES string of the molecule is COc1cc(Br)c2oc(C3CCN(C(=O)O)CC3)cc2c1. The molecule has 0 radical (unpaired) electrons. The van der Waals surface area contributed by atoms with Crippen molar-refractivity contribution >= 4 is 33.0 Å². The van der Waals surface area contributed by atoms with Gasteiger partial charge in [-0.05, 0) is 47.0 Å². The molecule has 2 heterocycles. The molecule has 1 aromatic carbocycles. The molecule has 1 saturated heterocycles. The van der Waals surface area contributed by atoms with Crippen LogP contribution in [0.4, 0.5) is 4.79 Å². The number of carboxylic acid groups (broad SMARTS) is 1. The van der Waals surface area contributed by atoms with E-state index in [4.69, 9.17) is 14.3 Å². The lowest BCUT2D eigenvalue weighted by molar-refractivity contribution is 0.130. The molecule has 112 valence electrons. The highest BCUT2D eigenvalue weighted by Crippen LogP contribution is 2.37. The number of nitrogens with zero attached hydrogens (tertiary/aromatic N) is 1. The first kappa shape index (κ1) is 14.3. The second-order valence-electron chi connectivity index (χ2n) is 5.22. The van der Waals surface area contributed by atoms with Gasteiger partial charge in [0.25, 0.3) is 0 Å². The zero-order chi connectivity index (χ0) is 15.0. The van der Waals surface area contributed by atoms with E-state index in [9.17, 15) is 4.79 Å². The molecule has 1 aromatic heterocycles. The van der Waals surface area contributed by atoms with Crippen LogP contribution in [0.15, 0.2) is 27.1 Å². The van der Waals surface area contributed by atoms with E-state index in [1.54, 1.807) is 7.11 Å². The van der Waals surface area contributed by atoms with Crippen molar-refractivity contribution in [3.63, 3.8) is 0 Å². The highest BCUT2D eigenvalue weighted by Gasteiger charge is 2.26. The molecular formula is C15H16BrNO4. The molecule has 6 heteroatoms. The van der Waals surface area contributed by atoms with Crippen molar-refractivity contribution < 1.29 is 19.1 Å². The van der Waals surface area contributed by atoms with Gasteiger partial charge in [0.15, 0.2) is 0 Å². The normalized spacial score (nSPS) is 16.4. The molecule has 0 saturated carbocycles. The molecule has 1 amide bonds. The van der Waals surface area contributed by atoms with Gasteiger partial charge in [0, 0.05) is 24.4 Å². The molecular weight excluding hydrogens is 338 g/mol. The van der Waals surface area contributed by atoms with Crippen molar-refractivity contribution in [3.8, 4) is 5.75 Å². The van der Waals surface area contributed by atoms with E-state index in [1.807, 2.05) is 18.2 Å². The molecule has 0 aliphatic carbocycles. The molecule has 0 bridgehead atoms. The van der Waals surface area contributed by atoms with Gasteiger partial charge in [-0.3, -0.25) is 0 Å². The Bertz CT molecular complexity index is 674. The summed E-state index contributed by atoms with van der Waals surface area (Å²) in [4.78, 5) is 12.4. The largest absolute Gasteiger partial charge is 0.497 e. The fraction of sp³-hybridized carbons (Fsp3) is 0.400. The number of benzene rings is 1. The van der Waals surface area contributed by atoms with Crippen LogP contribution in [-0.4, -0.2) is 36.3 Å². The summed E-state index contributed by atoms with van der Waals surface area (Å²) in [6, 6.07) is 5.85.